The van der Waals surface area contributed by atoms with E-state index in [0.29, 0.717) is 39.2 Å². The van der Waals surface area contributed by atoms with Crippen LogP contribution in [0.1, 0.15) is 36.6 Å². The molecule has 1 unspecified atom stereocenters. The van der Waals surface area contributed by atoms with Crippen molar-refractivity contribution in [3.63, 3.8) is 0 Å². The molecule has 1 saturated heterocycles. The highest BCUT2D eigenvalue weighted by Crippen LogP contribution is 2.44. The minimum absolute atomic E-state index is 0.0147. The van der Waals surface area contributed by atoms with E-state index in [4.69, 9.17) is 16.3 Å². The molecule has 36 heavy (non-hydrogen) atoms. The number of Topliss-reactive ketones (excluding diaryl/α,β-unsaturated/α-hetero) is 1. The third-order valence-corrected chi connectivity index (χ3v) is 7.40. The van der Waals surface area contributed by atoms with Crippen molar-refractivity contribution in [1.82, 2.24) is 4.98 Å². The van der Waals surface area contributed by atoms with Gasteiger partial charge in [-0.05, 0) is 66.9 Å². The van der Waals surface area contributed by atoms with Crippen molar-refractivity contribution in [2.24, 2.45) is 0 Å². The van der Waals surface area contributed by atoms with Crippen molar-refractivity contribution in [3.8, 4) is 5.75 Å². The number of anilines is 1. The molecule has 1 fully saturated rings. The average molecular weight is 519 g/mol. The number of fused-ring (bicyclic) bond motifs is 1. The molecule has 0 radical (unpaired) electrons. The number of aryl methyl sites for hydroxylation is 1. The van der Waals surface area contributed by atoms with E-state index in [1.165, 1.54) is 16.2 Å². The van der Waals surface area contributed by atoms with Crippen molar-refractivity contribution >= 4 is 55.7 Å². The van der Waals surface area contributed by atoms with E-state index in [2.05, 4.69) is 11.9 Å². The zero-order valence-electron chi connectivity index (χ0n) is 19.7. The highest BCUT2D eigenvalue weighted by Gasteiger charge is 2.48. The van der Waals surface area contributed by atoms with Gasteiger partial charge in [-0.25, -0.2) is 4.98 Å². The third-order valence-electron chi connectivity index (χ3n) is 6.13. The van der Waals surface area contributed by atoms with Gasteiger partial charge >= 0.3 is 5.91 Å². The second-order valence-corrected chi connectivity index (χ2v) is 9.78. The van der Waals surface area contributed by atoms with Crippen LogP contribution in [-0.2, 0) is 16.0 Å². The lowest BCUT2D eigenvalue weighted by Crippen LogP contribution is -2.29. The van der Waals surface area contributed by atoms with Gasteiger partial charge in [0.2, 0.25) is 0 Å². The maximum Gasteiger partial charge on any atom is 0.301 e. The minimum Gasteiger partial charge on any atom is -0.507 e. The summed E-state index contributed by atoms with van der Waals surface area (Å²) in [5.74, 6) is -1.05. The number of ether oxygens (including phenoxy) is 1. The summed E-state index contributed by atoms with van der Waals surface area (Å²) in [7, 11) is 0. The number of halogens is 1. The van der Waals surface area contributed by atoms with Gasteiger partial charge in [0.25, 0.3) is 5.78 Å². The Hall–Kier alpha value is -3.68. The van der Waals surface area contributed by atoms with Gasteiger partial charge in [0.15, 0.2) is 5.13 Å². The molecule has 5 rings (SSSR count). The molecule has 1 aliphatic rings. The van der Waals surface area contributed by atoms with Crippen LogP contribution in [0.25, 0.3) is 16.0 Å². The number of hydrogen-bond acceptors (Lipinski definition) is 6. The first-order valence-electron chi connectivity index (χ1n) is 11.6. The maximum absolute atomic E-state index is 13.4. The summed E-state index contributed by atoms with van der Waals surface area (Å²) in [5, 5.41) is 12.1. The summed E-state index contributed by atoms with van der Waals surface area (Å²) in [6.45, 7) is 4.50. The first-order chi connectivity index (χ1) is 17.4. The van der Waals surface area contributed by atoms with E-state index in [0.717, 1.165) is 16.7 Å². The highest BCUT2D eigenvalue weighted by molar-refractivity contribution is 7.22. The second kappa shape index (κ2) is 9.76. The topological polar surface area (TPSA) is 79.7 Å². The van der Waals surface area contributed by atoms with E-state index in [1.807, 2.05) is 49.4 Å². The molecule has 1 aliphatic heterocycles. The Labute approximate surface area is 217 Å². The quantitative estimate of drug-likeness (QED) is 0.178. The molecule has 3 aromatic carbocycles. The minimum atomic E-state index is -0.835. The van der Waals surface area contributed by atoms with Gasteiger partial charge < -0.3 is 9.84 Å². The number of nitrogens with zero attached hydrogens (tertiary/aromatic N) is 2. The Morgan fingerprint density at radius 1 is 1.06 bits per heavy atom. The van der Waals surface area contributed by atoms with Crippen LogP contribution in [0, 0.1) is 0 Å². The molecule has 0 bridgehead atoms. The largest absolute Gasteiger partial charge is 0.507 e. The van der Waals surface area contributed by atoms with Crippen LogP contribution < -0.4 is 9.64 Å². The first-order valence-corrected chi connectivity index (χ1v) is 12.8. The van der Waals surface area contributed by atoms with Gasteiger partial charge in [0.05, 0.1) is 28.4 Å². The molecule has 8 heteroatoms. The Balaban J connectivity index is 1.68. The summed E-state index contributed by atoms with van der Waals surface area (Å²) in [5.41, 5.74) is 2.94. The van der Waals surface area contributed by atoms with E-state index in [9.17, 15) is 14.7 Å². The van der Waals surface area contributed by atoms with Gasteiger partial charge in [-0.2, -0.15) is 0 Å². The number of rotatable bonds is 6. The zero-order chi connectivity index (χ0) is 25.4. The summed E-state index contributed by atoms with van der Waals surface area (Å²) in [4.78, 5) is 32.8. The summed E-state index contributed by atoms with van der Waals surface area (Å²) < 4.78 is 6.43. The third kappa shape index (κ3) is 4.25. The number of benzene rings is 3. The number of carbonyl (C=O) groups is 2. The number of aromatic nitrogens is 1. The normalized spacial score (nSPS) is 17.2. The van der Waals surface area contributed by atoms with Crippen LogP contribution >= 0.6 is 22.9 Å². The van der Waals surface area contributed by atoms with E-state index in [1.54, 1.807) is 24.3 Å². The number of thiazole rings is 1. The number of carbonyl (C=O) groups excluding carboxylic acids is 2. The van der Waals surface area contributed by atoms with Crippen molar-refractivity contribution in [2.45, 2.75) is 26.3 Å². The van der Waals surface area contributed by atoms with Crippen LogP contribution in [0.4, 0.5) is 5.13 Å². The molecular formula is C28H23ClN2O4S. The number of aliphatic hydroxyl groups is 1. The predicted molar refractivity (Wildman–Crippen MR) is 143 cm³/mol. The smallest absolute Gasteiger partial charge is 0.301 e. The second-order valence-electron chi connectivity index (χ2n) is 8.33. The molecular weight excluding hydrogens is 496 g/mol. The summed E-state index contributed by atoms with van der Waals surface area (Å²) in [6.07, 6.45) is 0.852. The van der Waals surface area contributed by atoms with Crippen molar-refractivity contribution in [1.29, 1.82) is 0 Å². The molecule has 0 aliphatic carbocycles. The molecule has 2 heterocycles. The number of aliphatic hydroxyl groups excluding tert-OH is 1. The van der Waals surface area contributed by atoms with Crippen LogP contribution in [0.15, 0.2) is 72.3 Å². The summed E-state index contributed by atoms with van der Waals surface area (Å²) >= 11 is 7.31. The van der Waals surface area contributed by atoms with E-state index >= 15 is 0 Å². The average Bonchev–Trinajstić information content (AvgIpc) is 3.42. The Morgan fingerprint density at radius 3 is 2.44 bits per heavy atom. The first kappa shape index (κ1) is 24.0. The molecule has 6 nitrogen and oxygen atoms in total. The van der Waals surface area contributed by atoms with Gasteiger partial charge in [0.1, 0.15) is 11.5 Å². The van der Waals surface area contributed by atoms with E-state index in [-0.39, 0.29) is 11.3 Å². The van der Waals surface area contributed by atoms with Crippen molar-refractivity contribution in [3.05, 3.63) is 94.0 Å². The van der Waals surface area contributed by atoms with Gasteiger partial charge in [-0.15, -0.1) is 0 Å². The molecule has 0 spiro atoms. The predicted octanol–water partition coefficient (Wildman–Crippen LogP) is 6.54. The molecule has 1 amide bonds. The number of hydrogen-bond donors (Lipinski definition) is 1. The van der Waals surface area contributed by atoms with Crippen LogP contribution in [0.2, 0.25) is 5.02 Å². The molecule has 1 aromatic heterocycles. The van der Waals surface area contributed by atoms with Crippen LogP contribution in [0.5, 0.6) is 5.75 Å². The van der Waals surface area contributed by atoms with Crippen molar-refractivity contribution in [2.75, 3.05) is 11.5 Å². The molecule has 4 aromatic rings. The molecule has 182 valence electrons. The lowest BCUT2D eigenvalue weighted by Gasteiger charge is -2.23. The van der Waals surface area contributed by atoms with Gasteiger partial charge in [-0.1, -0.05) is 54.1 Å². The highest BCUT2D eigenvalue weighted by atomic mass is 35.5. The zero-order valence-corrected chi connectivity index (χ0v) is 21.3. The fourth-order valence-electron chi connectivity index (χ4n) is 4.30. The summed E-state index contributed by atoms with van der Waals surface area (Å²) in [6, 6.07) is 18.9. The molecule has 0 saturated carbocycles. The number of ketones is 1. The standard InChI is InChI=1S/C28H23ClN2O4S/c1-3-16-5-7-17(8-6-16)24-23(25(32)18-9-11-19(29)12-10-18)26(33)27(34)31(24)28-30-21-14-13-20(35-4-2)15-22(21)36-28/h5-15,24,32H,3-4H2,1-2H3/b25-23+. The Bertz CT molecular complexity index is 1490. The van der Waals surface area contributed by atoms with Crippen LogP contribution in [-0.4, -0.2) is 28.4 Å². The SMILES string of the molecule is CCOc1ccc2nc(N3C(=O)C(=O)/C(=C(/O)c4ccc(Cl)cc4)C3c3ccc(CC)cc3)sc2c1. The Kier molecular flexibility index (Phi) is 6.51. The molecule has 1 N–H and O–H groups in total. The lowest BCUT2D eigenvalue weighted by molar-refractivity contribution is -0.132. The van der Waals surface area contributed by atoms with Crippen molar-refractivity contribution < 1.29 is 19.4 Å². The maximum atomic E-state index is 13.4. The number of amides is 1. The van der Waals surface area contributed by atoms with E-state index < -0.39 is 17.7 Å². The van der Waals surface area contributed by atoms with Gasteiger partial charge in [0, 0.05) is 10.6 Å². The van der Waals surface area contributed by atoms with Crippen LogP contribution in [0.3, 0.4) is 0 Å². The lowest BCUT2D eigenvalue weighted by atomic mass is 9.94. The fraction of sp³-hybridized carbons (Fsp3) is 0.179. The Morgan fingerprint density at radius 2 is 1.78 bits per heavy atom. The monoisotopic (exact) mass is 518 g/mol. The van der Waals surface area contributed by atoms with Gasteiger partial charge in [-0.3, -0.25) is 14.5 Å². The molecule has 1 atom stereocenters. The fourth-order valence-corrected chi connectivity index (χ4v) is 5.44.